The van der Waals surface area contributed by atoms with Crippen molar-refractivity contribution in [3.63, 3.8) is 0 Å². The van der Waals surface area contributed by atoms with Crippen molar-refractivity contribution in [1.82, 2.24) is 18.8 Å². The van der Waals surface area contributed by atoms with Gasteiger partial charge in [0.2, 0.25) is 5.71 Å². The van der Waals surface area contributed by atoms with Crippen LogP contribution in [-0.4, -0.2) is 31.8 Å². The number of fused-ring (bicyclic) bond motifs is 1. The molecule has 8 heteroatoms. The lowest BCUT2D eigenvalue weighted by Crippen LogP contribution is -2.28. The monoisotopic (exact) mass is 318 g/mol. The maximum absolute atomic E-state index is 12.7. The van der Waals surface area contributed by atoms with Crippen LogP contribution in [0.5, 0.6) is 0 Å². The molecule has 3 aromatic rings. The first-order valence-electron chi connectivity index (χ1n) is 6.58. The number of nitrogens with zero attached hydrogens (tertiary/aromatic N) is 4. The molecule has 0 fully saturated rings. The molecule has 0 aliphatic rings. The molecule has 0 atom stereocenters. The summed E-state index contributed by atoms with van der Waals surface area (Å²) in [7, 11) is 3.27. The second-order valence-corrected chi connectivity index (χ2v) is 5.93. The molecule has 0 aliphatic heterocycles. The molecule has 114 valence electrons. The zero-order valence-electron chi connectivity index (χ0n) is 12.4. The Morgan fingerprint density at radius 3 is 2.95 bits per heavy atom. The van der Waals surface area contributed by atoms with E-state index in [0.717, 1.165) is 4.88 Å². The standard InChI is InChI=1S/C14H14N4O3S/c1-8-10(11-12(21-8)15-7-18(3)14(11)20)13(19)17(2)6-9-4-5-16-22-9/h4-5,7H,6H2,1-3H3. The molecular weight excluding hydrogens is 304 g/mol. The summed E-state index contributed by atoms with van der Waals surface area (Å²) in [4.78, 5) is 31.6. The molecular formula is C14H14N4O3S. The van der Waals surface area contributed by atoms with Gasteiger partial charge in [0, 0.05) is 25.2 Å². The molecule has 0 aliphatic carbocycles. The Labute approximate surface area is 130 Å². The van der Waals surface area contributed by atoms with Crippen LogP contribution in [0.15, 0.2) is 27.8 Å². The van der Waals surface area contributed by atoms with E-state index in [1.807, 2.05) is 6.07 Å². The minimum absolute atomic E-state index is 0.190. The van der Waals surface area contributed by atoms with E-state index in [2.05, 4.69) is 9.36 Å². The van der Waals surface area contributed by atoms with E-state index in [4.69, 9.17) is 4.42 Å². The Bertz CT molecular complexity index is 895. The van der Waals surface area contributed by atoms with Crippen molar-refractivity contribution in [2.45, 2.75) is 13.5 Å². The Morgan fingerprint density at radius 1 is 1.50 bits per heavy atom. The molecule has 0 spiro atoms. The average molecular weight is 318 g/mol. The lowest BCUT2D eigenvalue weighted by molar-refractivity contribution is 0.0786. The number of rotatable bonds is 3. The third kappa shape index (κ3) is 2.31. The van der Waals surface area contributed by atoms with Gasteiger partial charge in [-0.1, -0.05) is 0 Å². The predicted molar refractivity (Wildman–Crippen MR) is 81.9 cm³/mol. The number of aromatic nitrogens is 3. The van der Waals surface area contributed by atoms with Gasteiger partial charge in [-0.15, -0.1) is 0 Å². The topological polar surface area (TPSA) is 81.2 Å². The maximum atomic E-state index is 12.7. The van der Waals surface area contributed by atoms with Gasteiger partial charge in [0.05, 0.1) is 12.1 Å². The fourth-order valence-electron chi connectivity index (χ4n) is 2.26. The number of hydrogen-bond donors (Lipinski definition) is 0. The highest BCUT2D eigenvalue weighted by Crippen LogP contribution is 2.23. The Hall–Kier alpha value is -2.48. The van der Waals surface area contributed by atoms with E-state index >= 15 is 0 Å². The van der Waals surface area contributed by atoms with E-state index in [1.54, 1.807) is 27.2 Å². The Balaban J connectivity index is 2.05. The minimum atomic E-state index is -0.295. The van der Waals surface area contributed by atoms with E-state index < -0.39 is 0 Å². The van der Waals surface area contributed by atoms with Crippen LogP contribution in [-0.2, 0) is 13.6 Å². The van der Waals surface area contributed by atoms with Crippen LogP contribution in [0, 0.1) is 6.92 Å². The smallest absolute Gasteiger partial charge is 0.265 e. The molecule has 0 N–H and O–H groups in total. The highest BCUT2D eigenvalue weighted by Gasteiger charge is 2.25. The normalized spacial score (nSPS) is 11.0. The van der Waals surface area contributed by atoms with Gasteiger partial charge in [0.15, 0.2) is 0 Å². The number of carbonyl (C=O) groups is 1. The minimum Gasteiger partial charge on any atom is -0.442 e. The van der Waals surface area contributed by atoms with Crippen LogP contribution in [0.3, 0.4) is 0 Å². The summed E-state index contributed by atoms with van der Waals surface area (Å²) >= 11 is 1.33. The molecule has 0 saturated carbocycles. The summed E-state index contributed by atoms with van der Waals surface area (Å²) in [5.41, 5.74) is 0.169. The van der Waals surface area contributed by atoms with Crippen molar-refractivity contribution < 1.29 is 9.21 Å². The summed E-state index contributed by atoms with van der Waals surface area (Å²) in [6.45, 7) is 2.09. The van der Waals surface area contributed by atoms with Crippen LogP contribution in [0.2, 0.25) is 0 Å². The van der Waals surface area contributed by atoms with E-state index in [0.29, 0.717) is 12.3 Å². The average Bonchev–Trinajstić information content (AvgIpc) is 3.09. The zero-order valence-corrected chi connectivity index (χ0v) is 13.2. The van der Waals surface area contributed by atoms with Gasteiger partial charge in [-0.3, -0.25) is 9.59 Å². The van der Waals surface area contributed by atoms with Crippen molar-refractivity contribution >= 4 is 28.5 Å². The van der Waals surface area contributed by atoms with Gasteiger partial charge in [-0.05, 0) is 24.5 Å². The van der Waals surface area contributed by atoms with Crippen LogP contribution >= 0.6 is 11.5 Å². The Kier molecular flexibility index (Phi) is 3.53. The van der Waals surface area contributed by atoms with Gasteiger partial charge < -0.3 is 13.9 Å². The largest absolute Gasteiger partial charge is 0.442 e. The van der Waals surface area contributed by atoms with Gasteiger partial charge in [-0.2, -0.15) is 0 Å². The molecule has 1 amide bonds. The molecule has 22 heavy (non-hydrogen) atoms. The molecule has 0 aromatic carbocycles. The summed E-state index contributed by atoms with van der Waals surface area (Å²) in [6, 6.07) is 1.86. The fourth-order valence-corrected chi connectivity index (χ4v) is 2.90. The lowest BCUT2D eigenvalue weighted by atomic mass is 10.1. The second kappa shape index (κ2) is 5.38. The molecule has 0 bridgehead atoms. The van der Waals surface area contributed by atoms with Gasteiger partial charge in [0.25, 0.3) is 11.5 Å². The van der Waals surface area contributed by atoms with Crippen LogP contribution in [0.4, 0.5) is 0 Å². The highest BCUT2D eigenvalue weighted by molar-refractivity contribution is 7.05. The second-order valence-electron chi connectivity index (χ2n) is 5.01. The molecule has 3 rings (SSSR count). The molecule has 3 heterocycles. The van der Waals surface area contributed by atoms with Gasteiger partial charge in [0.1, 0.15) is 17.5 Å². The van der Waals surface area contributed by atoms with Crippen LogP contribution in [0.25, 0.3) is 11.1 Å². The summed E-state index contributed by atoms with van der Waals surface area (Å²) < 4.78 is 10.8. The van der Waals surface area contributed by atoms with E-state index in [9.17, 15) is 9.59 Å². The van der Waals surface area contributed by atoms with Crippen LogP contribution < -0.4 is 5.56 Å². The quantitative estimate of drug-likeness (QED) is 0.732. The van der Waals surface area contributed by atoms with E-state index in [-0.39, 0.29) is 28.1 Å². The highest BCUT2D eigenvalue weighted by atomic mass is 32.1. The van der Waals surface area contributed by atoms with Crippen molar-refractivity contribution in [3.05, 3.63) is 45.1 Å². The first-order valence-corrected chi connectivity index (χ1v) is 7.36. The first-order chi connectivity index (χ1) is 10.5. The zero-order chi connectivity index (χ0) is 15.9. The summed E-state index contributed by atoms with van der Waals surface area (Å²) in [5, 5.41) is 0.226. The van der Waals surface area contributed by atoms with Crippen molar-refractivity contribution in [2.75, 3.05) is 7.05 Å². The van der Waals surface area contributed by atoms with Crippen molar-refractivity contribution in [1.29, 1.82) is 0 Å². The lowest BCUT2D eigenvalue weighted by Gasteiger charge is -2.15. The fraction of sp³-hybridized carbons (Fsp3) is 0.286. The van der Waals surface area contributed by atoms with Crippen molar-refractivity contribution in [3.8, 4) is 0 Å². The third-order valence-corrected chi connectivity index (χ3v) is 4.12. The third-order valence-electron chi connectivity index (χ3n) is 3.39. The summed E-state index contributed by atoms with van der Waals surface area (Å²) in [6.07, 6.45) is 3.07. The predicted octanol–water partition coefficient (Wildman–Crippen LogP) is 1.56. The van der Waals surface area contributed by atoms with Gasteiger partial charge in [-0.25, -0.2) is 9.36 Å². The van der Waals surface area contributed by atoms with Gasteiger partial charge >= 0.3 is 0 Å². The molecule has 0 radical (unpaired) electrons. The van der Waals surface area contributed by atoms with Crippen LogP contribution in [0.1, 0.15) is 21.0 Å². The molecule has 0 saturated heterocycles. The summed E-state index contributed by atoms with van der Waals surface area (Å²) in [5.74, 6) is 0.127. The number of furan rings is 1. The number of aryl methyl sites for hydroxylation is 2. The SMILES string of the molecule is Cc1oc2ncn(C)c(=O)c2c1C(=O)N(C)Cc1ccns1. The molecule has 3 aromatic heterocycles. The first kappa shape index (κ1) is 14.5. The Morgan fingerprint density at radius 2 is 2.27 bits per heavy atom. The molecule has 0 unspecified atom stereocenters. The number of hydrogen-bond acceptors (Lipinski definition) is 6. The van der Waals surface area contributed by atoms with E-state index in [1.165, 1.54) is 27.3 Å². The number of carbonyl (C=O) groups excluding carboxylic acids is 1. The molecule has 7 nitrogen and oxygen atoms in total. The maximum Gasteiger partial charge on any atom is 0.265 e. The number of amides is 1. The van der Waals surface area contributed by atoms with Crippen molar-refractivity contribution in [2.24, 2.45) is 7.05 Å².